The van der Waals surface area contributed by atoms with Crippen molar-refractivity contribution in [1.82, 2.24) is 4.90 Å². The van der Waals surface area contributed by atoms with Crippen molar-refractivity contribution in [2.75, 3.05) is 39.2 Å². The van der Waals surface area contributed by atoms with E-state index in [0.29, 0.717) is 11.6 Å². The Kier molecular flexibility index (Phi) is 13.0. The minimum Gasteiger partial charge on any atom is -0.465 e. The summed E-state index contributed by atoms with van der Waals surface area (Å²) in [5.74, 6) is -4.42. The molecule has 4 aromatic rings. The number of carbonyl (C=O) groups excluding carboxylic acids is 5. The third-order valence-electron chi connectivity index (χ3n) is 8.01. The molecule has 14 heteroatoms. The number of alkyl halides is 3. The molecule has 0 saturated carbocycles. The van der Waals surface area contributed by atoms with E-state index < -0.39 is 65.5 Å². The number of halogens is 4. The van der Waals surface area contributed by atoms with Crippen LogP contribution in [0.4, 0.5) is 18.9 Å². The largest absolute Gasteiger partial charge is 0.465 e. The standard InChI is InChI=1S/C39H36ClF3N2O8/c1-5-51-36(49)38(37(50)52-6-2,26-15-11-8-12-16-26)23-53-32(46)20-24-17-18-31(28(19-24)35(48)45(3)4)44-34(47)29-21-27(39(41,42)43)22-30(40)33(29)25-13-9-7-10-14-25/h7-19,21-22H,5-6,20,23H2,1-4H3,(H,44,47). The number of benzene rings is 4. The zero-order chi connectivity index (χ0) is 38.9. The first-order valence-electron chi connectivity index (χ1n) is 16.3. The number of amides is 2. The van der Waals surface area contributed by atoms with Crippen molar-refractivity contribution in [3.8, 4) is 11.1 Å². The number of rotatable bonds is 13. The fourth-order valence-electron chi connectivity index (χ4n) is 5.42. The number of hydrogen-bond acceptors (Lipinski definition) is 8. The molecule has 4 aromatic carbocycles. The molecule has 1 N–H and O–H groups in total. The van der Waals surface area contributed by atoms with Crippen LogP contribution in [-0.4, -0.2) is 68.5 Å². The van der Waals surface area contributed by atoms with Crippen LogP contribution in [-0.2, 0) is 46.6 Å². The van der Waals surface area contributed by atoms with Gasteiger partial charge in [-0.25, -0.2) is 0 Å². The molecule has 2 amide bonds. The van der Waals surface area contributed by atoms with Gasteiger partial charge >= 0.3 is 24.1 Å². The summed E-state index contributed by atoms with van der Waals surface area (Å²) in [6, 6.07) is 21.5. The second kappa shape index (κ2) is 17.2. The lowest BCUT2D eigenvalue weighted by Crippen LogP contribution is -2.50. The molecule has 0 aliphatic rings. The summed E-state index contributed by atoms with van der Waals surface area (Å²) in [6.07, 6.45) is -5.26. The third kappa shape index (κ3) is 9.22. The van der Waals surface area contributed by atoms with E-state index >= 15 is 0 Å². The Labute approximate surface area is 308 Å². The van der Waals surface area contributed by atoms with Crippen LogP contribution in [0, 0.1) is 0 Å². The maximum Gasteiger partial charge on any atom is 0.416 e. The summed E-state index contributed by atoms with van der Waals surface area (Å²) >= 11 is 6.33. The Balaban J connectivity index is 1.67. The zero-order valence-electron chi connectivity index (χ0n) is 29.2. The summed E-state index contributed by atoms with van der Waals surface area (Å²) in [4.78, 5) is 68.1. The van der Waals surface area contributed by atoms with Crippen molar-refractivity contribution in [1.29, 1.82) is 0 Å². The average molecular weight is 753 g/mol. The molecule has 0 saturated heterocycles. The number of hydrogen-bond donors (Lipinski definition) is 1. The Bertz CT molecular complexity index is 1970. The quantitative estimate of drug-likeness (QED) is 0.0869. The van der Waals surface area contributed by atoms with E-state index in [2.05, 4.69) is 5.32 Å². The number of nitrogens with zero attached hydrogens (tertiary/aromatic N) is 1. The van der Waals surface area contributed by atoms with Gasteiger partial charge in [0.05, 0.1) is 36.4 Å². The first kappa shape index (κ1) is 40.1. The van der Waals surface area contributed by atoms with Gasteiger partial charge in [-0.3, -0.25) is 24.0 Å². The predicted octanol–water partition coefficient (Wildman–Crippen LogP) is 7.13. The lowest BCUT2D eigenvalue weighted by atomic mass is 9.81. The van der Waals surface area contributed by atoms with Crippen LogP contribution in [0.5, 0.6) is 0 Å². The van der Waals surface area contributed by atoms with Crippen LogP contribution in [0.15, 0.2) is 91.0 Å². The number of carbonyl (C=O) groups is 5. The Hall–Kier alpha value is -5.69. The highest BCUT2D eigenvalue weighted by Crippen LogP contribution is 2.39. The summed E-state index contributed by atoms with van der Waals surface area (Å²) in [7, 11) is 2.89. The molecule has 0 aliphatic heterocycles. The molecular weight excluding hydrogens is 717 g/mol. The maximum atomic E-state index is 13.8. The second-order valence-electron chi connectivity index (χ2n) is 11.8. The molecule has 0 spiro atoms. The van der Waals surface area contributed by atoms with Crippen molar-refractivity contribution in [3.05, 3.63) is 124 Å². The molecule has 0 atom stereocenters. The van der Waals surface area contributed by atoms with Gasteiger partial charge in [-0.1, -0.05) is 78.3 Å². The maximum absolute atomic E-state index is 13.8. The normalized spacial score (nSPS) is 11.3. The van der Waals surface area contributed by atoms with Crippen molar-refractivity contribution < 1.29 is 51.4 Å². The van der Waals surface area contributed by atoms with E-state index in [1.807, 2.05) is 0 Å². The number of ether oxygens (including phenoxy) is 3. The first-order chi connectivity index (χ1) is 25.1. The van der Waals surface area contributed by atoms with Crippen molar-refractivity contribution in [2.24, 2.45) is 0 Å². The van der Waals surface area contributed by atoms with E-state index in [4.69, 9.17) is 25.8 Å². The van der Waals surface area contributed by atoms with Crippen LogP contribution in [0.25, 0.3) is 11.1 Å². The summed E-state index contributed by atoms with van der Waals surface area (Å²) in [5, 5.41) is 2.23. The molecule has 0 aromatic heterocycles. The Morgan fingerprint density at radius 1 is 0.736 bits per heavy atom. The minimum absolute atomic E-state index is 0.0508. The number of nitrogens with one attached hydrogen (secondary N) is 1. The van der Waals surface area contributed by atoms with E-state index in [-0.39, 0.29) is 46.2 Å². The summed E-state index contributed by atoms with van der Waals surface area (Å²) in [5.41, 5.74) is -2.97. The smallest absolute Gasteiger partial charge is 0.416 e. The molecule has 0 bridgehead atoms. The SMILES string of the molecule is CCOC(=O)C(COC(=O)Cc1ccc(NC(=O)c2cc(C(F)(F)F)cc(Cl)c2-c2ccccc2)c(C(=O)N(C)C)c1)(C(=O)OCC)c1ccccc1. The van der Waals surface area contributed by atoms with Gasteiger partial charge in [0, 0.05) is 30.2 Å². The molecular formula is C39H36ClF3N2O8. The van der Waals surface area contributed by atoms with Crippen LogP contribution in [0.2, 0.25) is 5.02 Å². The molecule has 0 radical (unpaired) electrons. The number of esters is 3. The van der Waals surface area contributed by atoms with E-state index in [9.17, 15) is 37.1 Å². The van der Waals surface area contributed by atoms with Gasteiger partial charge in [-0.05, 0) is 54.8 Å². The van der Waals surface area contributed by atoms with Gasteiger partial charge < -0.3 is 24.4 Å². The van der Waals surface area contributed by atoms with Gasteiger partial charge in [0.25, 0.3) is 11.8 Å². The lowest BCUT2D eigenvalue weighted by molar-refractivity contribution is -0.170. The topological polar surface area (TPSA) is 128 Å². The van der Waals surface area contributed by atoms with Crippen LogP contribution < -0.4 is 5.32 Å². The first-order valence-corrected chi connectivity index (χ1v) is 16.7. The van der Waals surface area contributed by atoms with Crippen LogP contribution in [0.3, 0.4) is 0 Å². The van der Waals surface area contributed by atoms with Gasteiger partial charge in [0.15, 0.2) is 0 Å². The van der Waals surface area contributed by atoms with Crippen LogP contribution in [0.1, 0.15) is 51.3 Å². The van der Waals surface area contributed by atoms with Crippen LogP contribution >= 0.6 is 11.6 Å². The van der Waals surface area contributed by atoms with Gasteiger partial charge in [0.2, 0.25) is 5.41 Å². The molecule has 10 nitrogen and oxygen atoms in total. The van der Waals surface area contributed by atoms with Crippen molar-refractivity contribution in [2.45, 2.75) is 31.9 Å². The average Bonchev–Trinajstić information content (AvgIpc) is 3.12. The van der Waals surface area contributed by atoms with E-state index in [1.165, 1.54) is 49.3 Å². The molecule has 278 valence electrons. The predicted molar refractivity (Wildman–Crippen MR) is 190 cm³/mol. The van der Waals surface area contributed by atoms with Gasteiger partial charge in [-0.2, -0.15) is 13.2 Å². The summed E-state index contributed by atoms with van der Waals surface area (Å²) in [6.45, 7) is 2.22. The van der Waals surface area contributed by atoms with E-state index in [1.54, 1.807) is 62.4 Å². The highest BCUT2D eigenvalue weighted by Gasteiger charge is 2.52. The third-order valence-corrected chi connectivity index (χ3v) is 8.30. The zero-order valence-corrected chi connectivity index (χ0v) is 30.0. The van der Waals surface area contributed by atoms with Crippen molar-refractivity contribution >= 4 is 47.0 Å². The molecule has 0 aliphatic carbocycles. The highest BCUT2D eigenvalue weighted by molar-refractivity contribution is 6.34. The molecule has 0 unspecified atom stereocenters. The van der Waals surface area contributed by atoms with E-state index in [0.717, 1.165) is 6.07 Å². The highest BCUT2D eigenvalue weighted by atomic mass is 35.5. The molecule has 4 rings (SSSR count). The molecule has 0 fully saturated rings. The van der Waals surface area contributed by atoms with Gasteiger partial charge in [0.1, 0.15) is 6.61 Å². The second-order valence-corrected chi connectivity index (χ2v) is 12.2. The molecule has 0 heterocycles. The lowest BCUT2D eigenvalue weighted by Gasteiger charge is -2.29. The fraction of sp³-hybridized carbons (Fsp3) is 0.256. The summed E-state index contributed by atoms with van der Waals surface area (Å²) < 4.78 is 57.4. The van der Waals surface area contributed by atoms with Crippen molar-refractivity contribution in [3.63, 3.8) is 0 Å². The Morgan fingerprint density at radius 2 is 1.32 bits per heavy atom. The monoisotopic (exact) mass is 752 g/mol. The minimum atomic E-state index is -4.82. The number of anilines is 1. The Morgan fingerprint density at radius 3 is 1.87 bits per heavy atom. The molecule has 53 heavy (non-hydrogen) atoms. The van der Waals surface area contributed by atoms with Gasteiger partial charge in [-0.15, -0.1) is 0 Å². The fourth-order valence-corrected chi connectivity index (χ4v) is 5.75.